The van der Waals surface area contributed by atoms with Crippen molar-refractivity contribution in [1.29, 1.82) is 0 Å². The Kier molecular flexibility index (Phi) is 7.66. The number of hydrogen-bond donors (Lipinski definition) is 1. The first-order valence-electron chi connectivity index (χ1n) is 10.4. The first-order chi connectivity index (χ1) is 15.3. The van der Waals surface area contributed by atoms with Crippen LogP contribution >= 0.6 is 11.6 Å². The standard InChI is InChI=1S/C24H28ClN3O3Si/c1-24(2,3)32(18-11-7-5-8-12-18,19-13-9-6-10-14-19)31-17-20(22(29)30-4)27-21-15-16-26-23(25)28-21/h5-16,20H,17H2,1-4H3,(H,26,27,28). The molecule has 1 atom stereocenters. The summed E-state index contributed by atoms with van der Waals surface area (Å²) in [6, 6.07) is 21.4. The van der Waals surface area contributed by atoms with E-state index in [0.717, 1.165) is 10.4 Å². The smallest absolute Gasteiger partial charge is 0.330 e. The SMILES string of the molecule is COC(=O)C(CO[Si](c1ccccc1)(c1ccccc1)C(C)(C)C)Nc1ccnc(Cl)n1. The minimum Gasteiger partial charge on any atom is -0.467 e. The van der Waals surface area contributed by atoms with E-state index in [1.807, 2.05) is 36.4 Å². The number of ether oxygens (including phenoxy) is 1. The molecule has 0 fully saturated rings. The quantitative estimate of drug-likeness (QED) is 0.308. The van der Waals surface area contributed by atoms with E-state index in [-0.39, 0.29) is 16.9 Å². The van der Waals surface area contributed by atoms with Crippen LogP contribution in [-0.4, -0.2) is 44.0 Å². The second-order valence-corrected chi connectivity index (χ2v) is 13.0. The summed E-state index contributed by atoms with van der Waals surface area (Å²) in [5.74, 6) is -0.0240. The van der Waals surface area contributed by atoms with Gasteiger partial charge >= 0.3 is 5.97 Å². The number of esters is 1. The van der Waals surface area contributed by atoms with Crippen LogP contribution in [-0.2, 0) is 14.0 Å². The molecule has 3 aromatic rings. The first-order valence-corrected chi connectivity index (χ1v) is 12.6. The Hall–Kier alpha value is -2.74. The van der Waals surface area contributed by atoms with Crippen molar-refractivity contribution in [1.82, 2.24) is 9.97 Å². The molecule has 0 amide bonds. The van der Waals surface area contributed by atoms with Crippen LogP contribution in [0.2, 0.25) is 10.3 Å². The number of anilines is 1. The molecule has 6 nitrogen and oxygen atoms in total. The number of hydrogen-bond acceptors (Lipinski definition) is 6. The topological polar surface area (TPSA) is 73.3 Å². The highest BCUT2D eigenvalue weighted by atomic mass is 35.5. The molecule has 1 aromatic heterocycles. The van der Waals surface area contributed by atoms with Gasteiger partial charge in [-0.15, -0.1) is 0 Å². The number of carbonyl (C=O) groups excluding carboxylic acids is 1. The van der Waals surface area contributed by atoms with E-state index in [1.165, 1.54) is 13.3 Å². The van der Waals surface area contributed by atoms with Gasteiger partial charge in [0.15, 0.2) is 0 Å². The molecule has 1 unspecified atom stereocenters. The highest BCUT2D eigenvalue weighted by molar-refractivity contribution is 6.99. The molecule has 0 bridgehead atoms. The predicted molar refractivity (Wildman–Crippen MR) is 130 cm³/mol. The lowest BCUT2D eigenvalue weighted by molar-refractivity contribution is -0.142. The predicted octanol–water partition coefficient (Wildman–Crippen LogP) is 3.66. The van der Waals surface area contributed by atoms with Crippen molar-refractivity contribution in [2.45, 2.75) is 31.9 Å². The van der Waals surface area contributed by atoms with Gasteiger partial charge in [-0.25, -0.2) is 14.8 Å². The third-order valence-corrected chi connectivity index (χ3v) is 10.5. The monoisotopic (exact) mass is 469 g/mol. The zero-order valence-electron chi connectivity index (χ0n) is 18.7. The van der Waals surface area contributed by atoms with Crippen molar-refractivity contribution in [3.05, 3.63) is 78.2 Å². The van der Waals surface area contributed by atoms with Crippen molar-refractivity contribution < 1.29 is 14.0 Å². The van der Waals surface area contributed by atoms with E-state index in [1.54, 1.807) is 6.07 Å². The second kappa shape index (κ2) is 10.2. The molecule has 32 heavy (non-hydrogen) atoms. The summed E-state index contributed by atoms with van der Waals surface area (Å²) >= 11 is 5.91. The first kappa shape index (κ1) is 23.9. The molecule has 8 heteroatoms. The maximum Gasteiger partial charge on any atom is 0.330 e. The summed E-state index contributed by atoms with van der Waals surface area (Å²) in [5, 5.41) is 5.22. The number of aromatic nitrogens is 2. The van der Waals surface area contributed by atoms with E-state index in [0.29, 0.717) is 5.82 Å². The van der Waals surface area contributed by atoms with E-state index in [4.69, 9.17) is 20.8 Å². The van der Waals surface area contributed by atoms with Gasteiger partial charge in [0.1, 0.15) is 11.9 Å². The Morgan fingerprint density at radius 3 is 2.06 bits per heavy atom. The van der Waals surface area contributed by atoms with Gasteiger partial charge < -0.3 is 14.5 Å². The highest BCUT2D eigenvalue weighted by Crippen LogP contribution is 2.36. The molecule has 0 saturated heterocycles. The van der Waals surface area contributed by atoms with Crippen molar-refractivity contribution in [2.75, 3.05) is 19.0 Å². The number of nitrogens with zero attached hydrogens (tertiary/aromatic N) is 2. The Morgan fingerprint density at radius 1 is 1.03 bits per heavy atom. The molecule has 0 spiro atoms. The van der Waals surface area contributed by atoms with Gasteiger partial charge in [0.2, 0.25) is 5.28 Å². The van der Waals surface area contributed by atoms with Crippen molar-refractivity contribution >= 4 is 42.1 Å². The zero-order chi connectivity index (χ0) is 23.2. The summed E-state index contributed by atoms with van der Waals surface area (Å²) in [7, 11) is -1.45. The molecule has 1 heterocycles. The summed E-state index contributed by atoms with van der Waals surface area (Å²) in [6.45, 7) is 6.65. The van der Waals surface area contributed by atoms with E-state index in [2.05, 4.69) is 60.3 Å². The Balaban J connectivity index is 2.02. The van der Waals surface area contributed by atoms with Crippen LogP contribution in [0.25, 0.3) is 0 Å². The van der Waals surface area contributed by atoms with E-state index >= 15 is 0 Å². The lowest BCUT2D eigenvalue weighted by Crippen LogP contribution is -2.67. The van der Waals surface area contributed by atoms with Crippen LogP contribution in [0.15, 0.2) is 72.9 Å². The summed E-state index contributed by atoms with van der Waals surface area (Å²) < 4.78 is 11.9. The molecule has 1 N–H and O–H groups in total. The minimum absolute atomic E-state index is 0.0894. The Bertz CT molecular complexity index is 990. The summed E-state index contributed by atoms with van der Waals surface area (Å²) in [6.07, 6.45) is 1.52. The van der Waals surface area contributed by atoms with Gasteiger partial charge in [0, 0.05) is 6.20 Å². The molecule has 0 radical (unpaired) electrons. The Labute approximate surface area is 195 Å². The van der Waals surface area contributed by atoms with Crippen molar-refractivity contribution in [3.8, 4) is 0 Å². The fraction of sp³-hybridized carbons (Fsp3) is 0.292. The zero-order valence-corrected chi connectivity index (χ0v) is 20.5. The van der Waals surface area contributed by atoms with Gasteiger partial charge in [-0.2, -0.15) is 0 Å². The molecule has 0 aliphatic rings. The van der Waals surface area contributed by atoms with Gasteiger partial charge in [0.25, 0.3) is 8.32 Å². The number of halogens is 1. The fourth-order valence-electron chi connectivity index (χ4n) is 3.87. The third-order valence-electron chi connectivity index (χ3n) is 5.32. The normalized spacial score (nSPS) is 12.8. The van der Waals surface area contributed by atoms with Crippen molar-refractivity contribution in [3.63, 3.8) is 0 Å². The molecule has 0 aliphatic heterocycles. The lowest BCUT2D eigenvalue weighted by atomic mass is 10.2. The summed E-state index contributed by atoms with van der Waals surface area (Å²) in [5.41, 5.74) is 0. The van der Waals surface area contributed by atoms with Crippen molar-refractivity contribution in [2.24, 2.45) is 0 Å². The third kappa shape index (κ3) is 5.18. The lowest BCUT2D eigenvalue weighted by Gasteiger charge is -2.43. The van der Waals surface area contributed by atoms with Crippen LogP contribution in [0.1, 0.15) is 20.8 Å². The summed E-state index contributed by atoms with van der Waals surface area (Å²) in [4.78, 5) is 20.6. The molecule has 0 saturated carbocycles. The maximum atomic E-state index is 12.6. The van der Waals surface area contributed by atoms with E-state index in [9.17, 15) is 4.79 Å². The molecule has 3 rings (SSSR count). The number of carbonyl (C=O) groups is 1. The number of benzene rings is 2. The molecule has 2 aromatic carbocycles. The van der Waals surface area contributed by atoms with Crippen LogP contribution in [0.5, 0.6) is 0 Å². The highest BCUT2D eigenvalue weighted by Gasteiger charge is 2.50. The van der Waals surface area contributed by atoms with Crippen LogP contribution in [0.3, 0.4) is 0 Å². The van der Waals surface area contributed by atoms with Crippen LogP contribution in [0, 0.1) is 0 Å². The molecular weight excluding hydrogens is 442 g/mol. The number of rotatable bonds is 8. The number of nitrogens with one attached hydrogen (secondary N) is 1. The van der Waals surface area contributed by atoms with Gasteiger partial charge in [-0.05, 0) is 33.1 Å². The molecule has 168 valence electrons. The largest absolute Gasteiger partial charge is 0.467 e. The molecular formula is C24H28ClN3O3Si. The maximum absolute atomic E-state index is 12.6. The van der Waals surface area contributed by atoms with Gasteiger partial charge in [-0.3, -0.25) is 0 Å². The average molecular weight is 470 g/mol. The Morgan fingerprint density at radius 2 is 1.59 bits per heavy atom. The fourth-order valence-corrected chi connectivity index (χ4v) is 8.59. The van der Waals surface area contributed by atoms with Crippen LogP contribution in [0.4, 0.5) is 5.82 Å². The minimum atomic E-state index is -2.81. The average Bonchev–Trinajstić information content (AvgIpc) is 2.78. The van der Waals surface area contributed by atoms with Gasteiger partial charge in [-0.1, -0.05) is 81.4 Å². The second-order valence-electron chi connectivity index (χ2n) is 8.41. The molecule has 0 aliphatic carbocycles. The van der Waals surface area contributed by atoms with E-state index < -0.39 is 20.3 Å². The van der Waals surface area contributed by atoms with Crippen LogP contribution < -0.4 is 15.7 Å². The van der Waals surface area contributed by atoms with Gasteiger partial charge in [0.05, 0.1) is 13.7 Å². The number of methoxy groups -OCH3 is 1.